The summed E-state index contributed by atoms with van der Waals surface area (Å²) in [5.41, 5.74) is 5.42. The van der Waals surface area contributed by atoms with Crippen LogP contribution in [0.4, 0.5) is 0 Å². The lowest BCUT2D eigenvalue weighted by Crippen LogP contribution is -2.28. The zero-order valence-electron chi connectivity index (χ0n) is 11.9. The molecule has 0 fully saturated rings. The molecular formula is C14H24N2O2. The highest BCUT2D eigenvalue weighted by atomic mass is 16.5. The molecule has 18 heavy (non-hydrogen) atoms. The standard InChI is InChI=1S/C14H24N2O2/c1-9-6-10(12(17)8-16-15)13(18-5)11(7-9)14(2,3)4/h6-7,12,16-17H,8,15H2,1-5H3. The molecule has 0 spiro atoms. The quantitative estimate of drug-likeness (QED) is 0.564. The molecule has 4 nitrogen and oxygen atoms in total. The van der Waals surface area contributed by atoms with Crippen molar-refractivity contribution in [2.45, 2.75) is 39.2 Å². The number of hydrogen-bond donors (Lipinski definition) is 3. The van der Waals surface area contributed by atoms with E-state index in [4.69, 9.17) is 10.6 Å². The van der Waals surface area contributed by atoms with Crippen molar-refractivity contribution in [3.63, 3.8) is 0 Å². The van der Waals surface area contributed by atoms with Gasteiger partial charge in [-0.05, 0) is 18.4 Å². The molecule has 0 heterocycles. The number of rotatable bonds is 4. The Kier molecular flexibility index (Phi) is 4.73. The summed E-state index contributed by atoms with van der Waals surface area (Å²) < 4.78 is 5.50. The number of nitrogens with one attached hydrogen (secondary N) is 1. The number of methoxy groups -OCH3 is 1. The number of ether oxygens (including phenoxy) is 1. The molecule has 1 atom stereocenters. The second-order valence-electron chi connectivity index (χ2n) is 5.61. The van der Waals surface area contributed by atoms with E-state index >= 15 is 0 Å². The Labute approximate surface area is 109 Å². The molecule has 1 rings (SSSR count). The van der Waals surface area contributed by atoms with E-state index in [0.717, 1.165) is 22.4 Å². The topological polar surface area (TPSA) is 67.5 Å². The fourth-order valence-corrected chi connectivity index (χ4v) is 2.06. The van der Waals surface area contributed by atoms with Gasteiger partial charge in [0.2, 0.25) is 0 Å². The maximum atomic E-state index is 10.1. The molecule has 0 radical (unpaired) electrons. The van der Waals surface area contributed by atoms with E-state index in [1.165, 1.54) is 0 Å². The van der Waals surface area contributed by atoms with Gasteiger partial charge in [-0.15, -0.1) is 0 Å². The van der Waals surface area contributed by atoms with Crippen LogP contribution in [-0.2, 0) is 5.41 Å². The molecule has 0 aliphatic carbocycles. The van der Waals surface area contributed by atoms with Crippen molar-refractivity contribution in [1.29, 1.82) is 0 Å². The smallest absolute Gasteiger partial charge is 0.128 e. The SMILES string of the molecule is COc1c(C(O)CNN)cc(C)cc1C(C)(C)C. The highest BCUT2D eigenvalue weighted by Gasteiger charge is 2.24. The van der Waals surface area contributed by atoms with Crippen molar-refractivity contribution in [2.75, 3.05) is 13.7 Å². The fourth-order valence-electron chi connectivity index (χ4n) is 2.06. The van der Waals surface area contributed by atoms with Gasteiger partial charge in [0.15, 0.2) is 0 Å². The molecule has 0 aliphatic heterocycles. The average Bonchev–Trinajstić information content (AvgIpc) is 2.27. The molecule has 102 valence electrons. The first-order valence-corrected chi connectivity index (χ1v) is 6.11. The van der Waals surface area contributed by atoms with Gasteiger partial charge in [0.05, 0.1) is 13.2 Å². The molecule has 4 N–H and O–H groups in total. The van der Waals surface area contributed by atoms with Gasteiger partial charge in [0.1, 0.15) is 5.75 Å². The minimum Gasteiger partial charge on any atom is -0.496 e. The Balaban J connectivity index is 3.38. The van der Waals surface area contributed by atoms with Crippen LogP contribution in [0, 0.1) is 6.92 Å². The number of aliphatic hydroxyl groups excluding tert-OH is 1. The first-order valence-electron chi connectivity index (χ1n) is 6.11. The summed E-state index contributed by atoms with van der Waals surface area (Å²) in [6.45, 7) is 8.69. The van der Waals surface area contributed by atoms with Crippen LogP contribution in [0.1, 0.15) is 43.6 Å². The molecular weight excluding hydrogens is 228 g/mol. The van der Waals surface area contributed by atoms with Crippen LogP contribution in [0.15, 0.2) is 12.1 Å². The van der Waals surface area contributed by atoms with Crippen LogP contribution in [0.25, 0.3) is 0 Å². The van der Waals surface area contributed by atoms with Gasteiger partial charge >= 0.3 is 0 Å². The minimum absolute atomic E-state index is 0.0397. The van der Waals surface area contributed by atoms with Crippen molar-refractivity contribution < 1.29 is 9.84 Å². The zero-order valence-corrected chi connectivity index (χ0v) is 11.9. The lowest BCUT2D eigenvalue weighted by atomic mass is 9.83. The molecule has 0 saturated heterocycles. The summed E-state index contributed by atoms with van der Waals surface area (Å²) in [4.78, 5) is 0. The van der Waals surface area contributed by atoms with E-state index in [2.05, 4.69) is 32.3 Å². The highest BCUT2D eigenvalue weighted by molar-refractivity contribution is 5.48. The maximum absolute atomic E-state index is 10.1. The zero-order chi connectivity index (χ0) is 13.9. The van der Waals surface area contributed by atoms with Crippen LogP contribution in [-0.4, -0.2) is 18.8 Å². The molecule has 0 amide bonds. The lowest BCUT2D eigenvalue weighted by molar-refractivity contribution is 0.170. The highest BCUT2D eigenvalue weighted by Crippen LogP contribution is 2.37. The average molecular weight is 252 g/mol. The Morgan fingerprint density at radius 2 is 2.00 bits per heavy atom. The monoisotopic (exact) mass is 252 g/mol. The normalized spacial score (nSPS) is 13.5. The van der Waals surface area contributed by atoms with Gasteiger partial charge < -0.3 is 9.84 Å². The third-order valence-electron chi connectivity index (χ3n) is 2.94. The van der Waals surface area contributed by atoms with Crippen LogP contribution in [0.2, 0.25) is 0 Å². The molecule has 1 unspecified atom stereocenters. The van der Waals surface area contributed by atoms with Gasteiger partial charge in [-0.1, -0.05) is 32.4 Å². The Morgan fingerprint density at radius 3 is 2.44 bits per heavy atom. The predicted octanol–water partition coefficient (Wildman–Crippen LogP) is 1.80. The Bertz CT molecular complexity index is 411. The molecule has 0 saturated carbocycles. The van der Waals surface area contributed by atoms with Crippen LogP contribution in [0.5, 0.6) is 5.75 Å². The van der Waals surface area contributed by atoms with E-state index in [0.29, 0.717) is 6.54 Å². The molecule has 0 bridgehead atoms. The Hall–Kier alpha value is -1.10. The molecule has 4 heteroatoms. The number of aliphatic hydroxyl groups is 1. The Morgan fingerprint density at radius 1 is 1.39 bits per heavy atom. The third-order valence-corrected chi connectivity index (χ3v) is 2.94. The summed E-state index contributed by atoms with van der Waals surface area (Å²) in [6, 6.07) is 4.04. The fraction of sp³-hybridized carbons (Fsp3) is 0.571. The van der Waals surface area contributed by atoms with E-state index in [9.17, 15) is 5.11 Å². The van der Waals surface area contributed by atoms with Crippen LogP contribution < -0.4 is 16.0 Å². The summed E-state index contributed by atoms with van der Waals surface area (Å²) in [5.74, 6) is 6.02. The van der Waals surface area contributed by atoms with Gasteiger partial charge in [-0.2, -0.15) is 0 Å². The third kappa shape index (κ3) is 3.22. The van der Waals surface area contributed by atoms with E-state index in [1.54, 1.807) is 7.11 Å². The second-order valence-corrected chi connectivity index (χ2v) is 5.61. The minimum atomic E-state index is -0.675. The summed E-state index contributed by atoms with van der Waals surface area (Å²) >= 11 is 0. The lowest BCUT2D eigenvalue weighted by Gasteiger charge is -2.26. The molecule has 1 aromatic carbocycles. The van der Waals surface area contributed by atoms with Gasteiger partial charge in [-0.25, -0.2) is 0 Å². The summed E-state index contributed by atoms with van der Waals surface area (Å²) in [7, 11) is 1.63. The van der Waals surface area contributed by atoms with Crippen molar-refractivity contribution >= 4 is 0 Å². The van der Waals surface area contributed by atoms with E-state index in [-0.39, 0.29) is 5.41 Å². The van der Waals surface area contributed by atoms with Crippen molar-refractivity contribution in [2.24, 2.45) is 5.84 Å². The maximum Gasteiger partial charge on any atom is 0.128 e. The molecule has 1 aromatic rings. The number of nitrogens with two attached hydrogens (primary N) is 1. The number of benzene rings is 1. The first kappa shape index (κ1) is 15.0. The van der Waals surface area contributed by atoms with Crippen LogP contribution in [0.3, 0.4) is 0 Å². The summed E-state index contributed by atoms with van der Waals surface area (Å²) in [6.07, 6.45) is -0.675. The van der Waals surface area contributed by atoms with Gasteiger partial charge in [-0.3, -0.25) is 11.3 Å². The molecule has 0 aliphatic rings. The number of aryl methyl sites for hydroxylation is 1. The van der Waals surface area contributed by atoms with Gasteiger partial charge in [0.25, 0.3) is 0 Å². The molecule has 0 aromatic heterocycles. The number of hydrazine groups is 1. The van der Waals surface area contributed by atoms with Crippen molar-refractivity contribution in [1.82, 2.24) is 5.43 Å². The van der Waals surface area contributed by atoms with Crippen molar-refractivity contribution in [3.8, 4) is 5.75 Å². The van der Waals surface area contributed by atoms with Crippen molar-refractivity contribution in [3.05, 3.63) is 28.8 Å². The van der Waals surface area contributed by atoms with Crippen LogP contribution >= 0.6 is 0 Å². The largest absolute Gasteiger partial charge is 0.496 e. The first-order chi connectivity index (χ1) is 8.31. The van der Waals surface area contributed by atoms with E-state index < -0.39 is 6.10 Å². The summed E-state index contributed by atoms with van der Waals surface area (Å²) in [5, 5.41) is 10.1. The van der Waals surface area contributed by atoms with Gasteiger partial charge in [0, 0.05) is 17.7 Å². The van der Waals surface area contributed by atoms with E-state index in [1.807, 2.05) is 13.0 Å². The predicted molar refractivity (Wildman–Crippen MR) is 73.6 cm³/mol. The number of hydrogen-bond acceptors (Lipinski definition) is 4. The second kappa shape index (κ2) is 5.69.